The summed E-state index contributed by atoms with van der Waals surface area (Å²) >= 11 is 6.39. The van der Waals surface area contributed by atoms with Crippen molar-refractivity contribution in [2.45, 2.75) is 33.4 Å². The van der Waals surface area contributed by atoms with Crippen LogP contribution in [0.5, 0.6) is 0 Å². The van der Waals surface area contributed by atoms with Gasteiger partial charge in [-0.25, -0.2) is 0 Å². The van der Waals surface area contributed by atoms with E-state index < -0.39 is 0 Å². The standard InChI is InChI=1S/C15H25ClN2O/c1-5-18(12(2)3)15-13(7-6-8-14(15)16)11-17-9-10-19-4/h6-8,12,17H,5,9-11H2,1-4H3. The van der Waals surface area contributed by atoms with Crippen molar-refractivity contribution in [3.8, 4) is 0 Å². The Morgan fingerprint density at radius 3 is 2.68 bits per heavy atom. The molecule has 0 amide bonds. The van der Waals surface area contributed by atoms with Crippen LogP contribution < -0.4 is 10.2 Å². The number of hydrogen-bond acceptors (Lipinski definition) is 3. The van der Waals surface area contributed by atoms with E-state index in [1.807, 2.05) is 12.1 Å². The van der Waals surface area contributed by atoms with Crippen LogP contribution in [0.3, 0.4) is 0 Å². The van der Waals surface area contributed by atoms with Gasteiger partial charge in [0, 0.05) is 32.8 Å². The van der Waals surface area contributed by atoms with Crippen molar-refractivity contribution in [2.24, 2.45) is 0 Å². The Kier molecular flexibility index (Phi) is 7.21. The minimum atomic E-state index is 0.433. The van der Waals surface area contributed by atoms with Crippen LogP contribution in [0.2, 0.25) is 5.02 Å². The summed E-state index contributed by atoms with van der Waals surface area (Å²) in [4.78, 5) is 2.33. The summed E-state index contributed by atoms with van der Waals surface area (Å²) in [5.74, 6) is 0. The lowest BCUT2D eigenvalue weighted by molar-refractivity contribution is 0.199. The summed E-state index contributed by atoms with van der Waals surface area (Å²) < 4.78 is 5.04. The fraction of sp³-hybridized carbons (Fsp3) is 0.600. The maximum atomic E-state index is 6.39. The van der Waals surface area contributed by atoms with Gasteiger partial charge in [-0.3, -0.25) is 0 Å². The first kappa shape index (κ1) is 16.3. The SMILES string of the molecule is CCN(c1c(Cl)cccc1CNCCOC)C(C)C. The summed E-state index contributed by atoms with van der Waals surface area (Å²) in [5, 5.41) is 4.20. The number of hydrogen-bond donors (Lipinski definition) is 1. The molecular formula is C15H25ClN2O. The molecule has 0 spiro atoms. The summed E-state index contributed by atoms with van der Waals surface area (Å²) in [6, 6.07) is 6.53. The molecule has 0 aliphatic heterocycles. The highest BCUT2D eigenvalue weighted by Crippen LogP contribution is 2.31. The van der Waals surface area contributed by atoms with E-state index in [0.717, 1.165) is 37.0 Å². The topological polar surface area (TPSA) is 24.5 Å². The van der Waals surface area contributed by atoms with Gasteiger partial charge in [0.05, 0.1) is 17.3 Å². The zero-order valence-corrected chi connectivity index (χ0v) is 13.1. The van der Waals surface area contributed by atoms with Crippen LogP contribution in [-0.4, -0.2) is 32.8 Å². The second-order valence-electron chi connectivity index (χ2n) is 4.80. The van der Waals surface area contributed by atoms with Gasteiger partial charge in [0.15, 0.2) is 0 Å². The monoisotopic (exact) mass is 284 g/mol. The number of anilines is 1. The number of para-hydroxylation sites is 1. The first-order valence-electron chi connectivity index (χ1n) is 6.85. The smallest absolute Gasteiger partial charge is 0.0643 e. The second kappa shape index (κ2) is 8.41. The Bertz CT molecular complexity index is 382. The molecule has 1 aromatic rings. The van der Waals surface area contributed by atoms with Crippen LogP contribution in [0.15, 0.2) is 18.2 Å². The Hall–Kier alpha value is -0.770. The van der Waals surface area contributed by atoms with Crippen molar-refractivity contribution in [1.82, 2.24) is 5.32 Å². The van der Waals surface area contributed by atoms with Gasteiger partial charge in [-0.2, -0.15) is 0 Å². The van der Waals surface area contributed by atoms with Gasteiger partial charge in [0.2, 0.25) is 0 Å². The average Bonchev–Trinajstić information content (AvgIpc) is 2.38. The largest absolute Gasteiger partial charge is 0.383 e. The number of ether oxygens (including phenoxy) is 1. The maximum Gasteiger partial charge on any atom is 0.0643 e. The highest BCUT2D eigenvalue weighted by molar-refractivity contribution is 6.33. The molecule has 0 radical (unpaired) electrons. The molecule has 0 saturated carbocycles. The van der Waals surface area contributed by atoms with E-state index in [4.69, 9.17) is 16.3 Å². The van der Waals surface area contributed by atoms with Crippen molar-refractivity contribution >= 4 is 17.3 Å². The Labute approximate surface area is 121 Å². The predicted octanol–water partition coefficient (Wildman–Crippen LogP) is 3.31. The van der Waals surface area contributed by atoms with Crippen molar-refractivity contribution in [1.29, 1.82) is 0 Å². The molecule has 0 fully saturated rings. The zero-order valence-electron chi connectivity index (χ0n) is 12.4. The summed E-state index contributed by atoms with van der Waals surface area (Å²) in [7, 11) is 1.71. The maximum absolute atomic E-state index is 6.39. The molecule has 1 rings (SSSR count). The van der Waals surface area contributed by atoms with Gasteiger partial charge in [0.1, 0.15) is 0 Å². The van der Waals surface area contributed by atoms with Crippen molar-refractivity contribution < 1.29 is 4.74 Å². The van der Waals surface area contributed by atoms with E-state index in [-0.39, 0.29) is 0 Å². The highest BCUT2D eigenvalue weighted by Gasteiger charge is 2.15. The fourth-order valence-electron chi connectivity index (χ4n) is 2.20. The van der Waals surface area contributed by atoms with E-state index in [9.17, 15) is 0 Å². The summed E-state index contributed by atoms with van der Waals surface area (Å²) in [5.41, 5.74) is 2.38. The van der Waals surface area contributed by atoms with Crippen LogP contribution in [0, 0.1) is 0 Å². The van der Waals surface area contributed by atoms with Gasteiger partial charge < -0.3 is 15.0 Å². The third-order valence-electron chi connectivity index (χ3n) is 3.12. The van der Waals surface area contributed by atoms with Gasteiger partial charge in [-0.15, -0.1) is 0 Å². The van der Waals surface area contributed by atoms with Crippen LogP contribution >= 0.6 is 11.6 Å². The lowest BCUT2D eigenvalue weighted by Crippen LogP contribution is -2.32. The molecule has 1 aromatic carbocycles. The summed E-state index contributed by atoms with van der Waals surface area (Å²) in [6.45, 7) is 9.86. The zero-order chi connectivity index (χ0) is 14.3. The lowest BCUT2D eigenvalue weighted by atomic mass is 10.1. The molecule has 3 nitrogen and oxygen atoms in total. The Morgan fingerprint density at radius 2 is 2.11 bits per heavy atom. The van der Waals surface area contributed by atoms with Gasteiger partial charge in [-0.1, -0.05) is 23.7 Å². The van der Waals surface area contributed by atoms with E-state index in [0.29, 0.717) is 6.04 Å². The Morgan fingerprint density at radius 1 is 1.37 bits per heavy atom. The second-order valence-corrected chi connectivity index (χ2v) is 5.20. The quantitative estimate of drug-likeness (QED) is 0.741. The fourth-order valence-corrected chi connectivity index (χ4v) is 2.51. The molecular weight excluding hydrogens is 260 g/mol. The first-order valence-corrected chi connectivity index (χ1v) is 7.23. The number of methoxy groups -OCH3 is 1. The Balaban J connectivity index is 2.88. The number of nitrogens with zero attached hydrogens (tertiary/aromatic N) is 1. The number of benzene rings is 1. The molecule has 0 aromatic heterocycles. The molecule has 0 heterocycles. The van der Waals surface area contributed by atoms with Gasteiger partial charge in [-0.05, 0) is 32.4 Å². The van der Waals surface area contributed by atoms with E-state index in [1.54, 1.807) is 7.11 Å². The molecule has 19 heavy (non-hydrogen) atoms. The minimum absolute atomic E-state index is 0.433. The number of halogens is 1. The molecule has 0 atom stereocenters. The molecule has 1 N–H and O–H groups in total. The van der Waals surface area contributed by atoms with E-state index >= 15 is 0 Å². The van der Waals surface area contributed by atoms with Crippen LogP contribution in [-0.2, 0) is 11.3 Å². The van der Waals surface area contributed by atoms with Gasteiger partial charge in [0.25, 0.3) is 0 Å². The molecule has 108 valence electrons. The molecule has 0 saturated heterocycles. The lowest BCUT2D eigenvalue weighted by Gasteiger charge is -2.30. The number of rotatable bonds is 8. The van der Waals surface area contributed by atoms with E-state index in [2.05, 4.69) is 37.1 Å². The van der Waals surface area contributed by atoms with Crippen LogP contribution in [0.4, 0.5) is 5.69 Å². The molecule has 0 aliphatic carbocycles. The number of nitrogens with one attached hydrogen (secondary N) is 1. The molecule has 0 unspecified atom stereocenters. The minimum Gasteiger partial charge on any atom is -0.383 e. The third kappa shape index (κ3) is 4.68. The highest BCUT2D eigenvalue weighted by atomic mass is 35.5. The normalized spacial score (nSPS) is 11.1. The van der Waals surface area contributed by atoms with E-state index in [1.165, 1.54) is 5.56 Å². The van der Waals surface area contributed by atoms with Crippen molar-refractivity contribution in [3.05, 3.63) is 28.8 Å². The van der Waals surface area contributed by atoms with Crippen LogP contribution in [0.1, 0.15) is 26.3 Å². The van der Waals surface area contributed by atoms with Crippen LogP contribution in [0.25, 0.3) is 0 Å². The molecule has 0 aliphatic rings. The van der Waals surface area contributed by atoms with Crippen molar-refractivity contribution in [3.63, 3.8) is 0 Å². The van der Waals surface area contributed by atoms with Gasteiger partial charge >= 0.3 is 0 Å². The average molecular weight is 285 g/mol. The predicted molar refractivity (Wildman–Crippen MR) is 83.2 cm³/mol. The summed E-state index contributed by atoms with van der Waals surface area (Å²) in [6.07, 6.45) is 0. The molecule has 4 heteroatoms. The molecule has 0 bridgehead atoms. The first-order chi connectivity index (χ1) is 9.11. The van der Waals surface area contributed by atoms with Crippen molar-refractivity contribution in [2.75, 3.05) is 31.7 Å². The third-order valence-corrected chi connectivity index (χ3v) is 3.43.